The Hall–Kier alpha value is -1.03. The predicted molar refractivity (Wildman–Crippen MR) is 75.2 cm³/mol. The van der Waals surface area contributed by atoms with Gasteiger partial charge < -0.3 is 5.32 Å². The molecule has 2 rings (SSSR count). The second-order valence-electron chi connectivity index (χ2n) is 3.80. The van der Waals surface area contributed by atoms with Crippen LogP contribution in [0.2, 0.25) is 15.1 Å². The molecule has 1 N–H and O–H groups in total. The molecule has 19 heavy (non-hydrogen) atoms. The van der Waals surface area contributed by atoms with Crippen molar-refractivity contribution in [3.63, 3.8) is 0 Å². The van der Waals surface area contributed by atoms with Crippen LogP contribution in [0.25, 0.3) is 0 Å². The third-order valence-electron chi connectivity index (χ3n) is 2.51. The third kappa shape index (κ3) is 3.30. The van der Waals surface area contributed by atoms with Crippen LogP contribution in [-0.2, 0) is 6.54 Å². The summed E-state index contributed by atoms with van der Waals surface area (Å²) in [6, 6.07) is 6.66. The zero-order chi connectivity index (χ0) is 14.0. The second-order valence-corrected chi connectivity index (χ2v) is 5.05. The van der Waals surface area contributed by atoms with Crippen molar-refractivity contribution in [2.75, 3.05) is 5.32 Å². The van der Waals surface area contributed by atoms with Gasteiger partial charge in [0, 0.05) is 17.1 Å². The smallest absolute Gasteiger partial charge is 0.131 e. The Kier molecular flexibility index (Phi) is 4.50. The van der Waals surface area contributed by atoms with Crippen molar-refractivity contribution in [2.45, 2.75) is 6.54 Å². The summed E-state index contributed by atoms with van der Waals surface area (Å²) >= 11 is 17.7. The molecular formula is C13H8Cl3F2N. The van der Waals surface area contributed by atoms with Crippen molar-refractivity contribution in [2.24, 2.45) is 0 Å². The molecule has 0 aliphatic carbocycles. The molecule has 0 aliphatic rings. The summed E-state index contributed by atoms with van der Waals surface area (Å²) in [6.45, 7) is -0.0699. The van der Waals surface area contributed by atoms with Crippen LogP contribution in [0.3, 0.4) is 0 Å². The highest BCUT2D eigenvalue weighted by Crippen LogP contribution is 2.34. The minimum atomic E-state index is -0.631. The quantitative estimate of drug-likeness (QED) is 0.782. The van der Waals surface area contributed by atoms with Gasteiger partial charge in [0.2, 0.25) is 0 Å². The second kappa shape index (κ2) is 5.95. The van der Waals surface area contributed by atoms with Gasteiger partial charge >= 0.3 is 0 Å². The largest absolute Gasteiger partial charge is 0.378 e. The van der Waals surface area contributed by atoms with E-state index in [1.165, 1.54) is 30.3 Å². The van der Waals surface area contributed by atoms with Crippen LogP contribution in [0.1, 0.15) is 5.56 Å². The average Bonchev–Trinajstić information content (AvgIpc) is 2.31. The van der Waals surface area contributed by atoms with E-state index < -0.39 is 11.6 Å². The van der Waals surface area contributed by atoms with E-state index in [0.717, 1.165) is 0 Å². The third-order valence-corrected chi connectivity index (χ3v) is 3.32. The lowest BCUT2D eigenvalue weighted by Crippen LogP contribution is -2.05. The molecule has 0 heterocycles. The first-order valence-corrected chi connectivity index (χ1v) is 6.43. The minimum absolute atomic E-state index is 0.0699. The number of nitrogens with one attached hydrogen (secondary N) is 1. The molecule has 0 bridgehead atoms. The van der Waals surface area contributed by atoms with Crippen LogP contribution >= 0.6 is 34.8 Å². The van der Waals surface area contributed by atoms with Crippen LogP contribution in [0, 0.1) is 11.6 Å². The number of anilines is 1. The van der Waals surface area contributed by atoms with Gasteiger partial charge in [-0.3, -0.25) is 0 Å². The average molecular weight is 323 g/mol. The van der Waals surface area contributed by atoms with Gasteiger partial charge in [-0.25, -0.2) is 8.78 Å². The maximum absolute atomic E-state index is 13.5. The van der Waals surface area contributed by atoms with Crippen LogP contribution in [0.15, 0.2) is 30.3 Å². The lowest BCUT2D eigenvalue weighted by molar-refractivity contribution is 0.560. The van der Waals surface area contributed by atoms with Crippen molar-refractivity contribution >= 4 is 40.5 Å². The first kappa shape index (κ1) is 14.4. The number of rotatable bonds is 3. The van der Waals surface area contributed by atoms with E-state index in [0.29, 0.717) is 10.7 Å². The van der Waals surface area contributed by atoms with Gasteiger partial charge in [-0.15, -0.1) is 0 Å². The van der Waals surface area contributed by atoms with Crippen molar-refractivity contribution in [3.05, 3.63) is 62.6 Å². The van der Waals surface area contributed by atoms with E-state index in [1.54, 1.807) is 0 Å². The Morgan fingerprint density at radius 1 is 0.947 bits per heavy atom. The van der Waals surface area contributed by atoms with Gasteiger partial charge in [0.15, 0.2) is 0 Å². The fourth-order valence-corrected chi connectivity index (χ4v) is 2.54. The Labute approximate surface area is 124 Å². The molecule has 100 valence electrons. The molecule has 0 saturated carbocycles. The number of hydrogen-bond donors (Lipinski definition) is 1. The van der Waals surface area contributed by atoms with Crippen molar-refractivity contribution < 1.29 is 8.78 Å². The summed E-state index contributed by atoms with van der Waals surface area (Å²) in [7, 11) is 0. The molecule has 0 aliphatic heterocycles. The normalized spacial score (nSPS) is 10.6. The first-order chi connectivity index (χ1) is 8.99. The van der Waals surface area contributed by atoms with Gasteiger partial charge in [-0.2, -0.15) is 0 Å². The Balaban J connectivity index is 2.24. The van der Waals surface area contributed by atoms with Crippen LogP contribution in [0.4, 0.5) is 14.5 Å². The molecule has 0 fully saturated rings. The Morgan fingerprint density at radius 2 is 1.47 bits per heavy atom. The SMILES string of the molecule is Fc1cccc(F)c1CNc1c(Cl)cc(Cl)cc1Cl. The molecule has 0 atom stereocenters. The van der Waals surface area contributed by atoms with Crippen molar-refractivity contribution in [1.29, 1.82) is 0 Å². The molecule has 2 aromatic carbocycles. The van der Waals surface area contributed by atoms with Crippen molar-refractivity contribution in [3.8, 4) is 0 Å². The number of hydrogen-bond acceptors (Lipinski definition) is 1. The van der Waals surface area contributed by atoms with Crippen LogP contribution in [0.5, 0.6) is 0 Å². The molecule has 0 spiro atoms. The lowest BCUT2D eigenvalue weighted by atomic mass is 10.2. The molecule has 6 heteroatoms. The molecule has 0 amide bonds. The van der Waals surface area contributed by atoms with E-state index in [4.69, 9.17) is 34.8 Å². The zero-order valence-electron chi connectivity index (χ0n) is 9.48. The minimum Gasteiger partial charge on any atom is -0.378 e. The van der Waals surface area contributed by atoms with Gasteiger partial charge in [-0.05, 0) is 24.3 Å². The number of benzene rings is 2. The Morgan fingerprint density at radius 3 is 2.00 bits per heavy atom. The van der Waals surface area contributed by atoms with Crippen molar-refractivity contribution in [1.82, 2.24) is 0 Å². The van der Waals surface area contributed by atoms with Crippen LogP contribution < -0.4 is 5.32 Å². The van der Waals surface area contributed by atoms with Gasteiger partial charge in [0.1, 0.15) is 11.6 Å². The lowest BCUT2D eigenvalue weighted by Gasteiger charge is -2.12. The monoisotopic (exact) mass is 321 g/mol. The van der Waals surface area contributed by atoms with E-state index >= 15 is 0 Å². The molecular weight excluding hydrogens is 315 g/mol. The van der Waals surface area contributed by atoms with Crippen LogP contribution in [-0.4, -0.2) is 0 Å². The van der Waals surface area contributed by atoms with E-state index in [2.05, 4.69) is 5.32 Å². The van der Waals surface area contributed by atoms with E-state index in [9.17, 15) is 8.78 Å². The highest BCUT2D eigenvalue weighted by molar-refractivity contribution is 6.41. The van der Waals surface area contributed by atoms with E-state index in [-0.39, 0.29) is 22.2 Å². The summed E-state index contributed by atoms with van der Waals surface area (Å²) in [6.07, 6.45) is 0. The molecule has 0 radical (unpaired) electrons. The standard InChI is InChI=1S/C13H8Cl3F2N/c14-7-4-9(15)13(10(16)5-7)19-6-8-11(17)2-1-3-12(8)18/h1-5,19H,6H2. The zero-order valence-corrected chi connectivity index (χ0v) is 11.8. The summed E-state index contributed by atoms with van der Waals surface area (Å²) in [5.74, 6) is -1.26. The molecule has 0 unspecified atom stereocenters. The molecule has 0 saturated heterocycles. The summed E-state index contributed by atoms with van der Waals surface area (Å²) in [5.41, 5.74) is 0.306. The molecule has 0 aromatic heterocycles. The summed E-state index contributed by atoms with van der Waals surface area (Å²) < 4.78 is 26.9. The maximum atomic E-state index is 13.5. The Bertz CT molecular complexity index is 574. The van der Waals surface area contributed by atoms with Gasteiger partial charge in [-0.1, -0.05) is 40.9 Å². The van der Waals surface area contributed by atoms with Gasteiger partial charge in [0.05, 0.1) is 15.7 Å². The topological polar surface area (TPSA) is 12.0 Å². The number of halogens is 5. The summed E-state index contributed by atoms with van der Waals surface area (Å²) in [5, 5.41) is 3.76. The summed E-state index contributed by atoms with van der Waals surface area (Å²) in [4.78, 5) is 0. The van der Waals surface area contributed by atoms with Gasteiger partial charge in [0.25, 0.3) is 0 Å². The highest BCUT2D eigenvalue weighted by Gasteiger charge is 2.11. The fourth-order valence-electron chi connectivity index (χ4n) is 1.59. The predicted octanol–water partition coefficient (Wildman–Crippen LogP) is 5.54. The molecule has 1 nitrogen and oxygen atoms in total. The molecule has 2 aromatic rings. The fraction of sp³-hybridized carbons (Fsp3) is 0.0769. The first-order valence-electron chi connectivity index (χ1n) is 5.30. The maximum Gasteiger partial charge on any atom is 0.131 e. The van der Waals surface area contributed by atoms with E-state index in [1.807, 2.05) is 0 Å². The highest BCUT2D eigenvalue weighted by atomic mass is 35.5.